The molecule has 1 rings (SSSR count). The summed E-state index contributed by atoms with van der Waals surface area (Å²) in [6.45, 7) is -0.209. The lowest BCUT2D eigenvalue weighted by molar-refractivity contribution is -0.146. The van der Waals surface area contributed by atoms with Gasteiger partial charge in [0.25, 0.3) is 0 Å². The van der Waals surface area contributed by atoms with Crippen LogP contribution in [0.4, 0.5) is 0 Å². The molecular formula is C11H19NO4. The van der Waals surface area contributed by atoms with E-state index >= 15 is 0 Å². The standard InChI is InChI=1S/C11H19NO4/c13-9(11(15)16)7-12-10(14)6-5-8-3-1-2-4-8/h8-9,13H,1-7H2,(H,12,14)(H,15,16). The number of carbonyl (C=O) groups excluding carboxylic acids is 1. The van der Waals surface area contributed by atoms with E-state index in [0.717, 1.165) is 6.42 Å². The van der Waals surface area contributed by atoms with Gasteiger partial charge in [0.2, 0.25) is 5.91 Å². The van der Waals surface area contributed by atoms with Gasteiger partial charge in [0.1, 0.15) is 0 Å². The molecule has 1 atom stereocenters. The summed E-state index contributed by atoms with van der Waals surface area (Å²) in [4.78, 5) is 21.6. The molecule has 1 fully saturated rings. The molecule has 1 saturated carbocycles. The number of aliphatic hydroxyl groups excluding tert-OH is 1. The van der Waals surface area contributed by atoms with Crippen molar-refractivity contribution in [2.75, 3.05) is 6.54 Å². The van der Waals surface area contributed by atoms with E-state index in [2.05, 4.69) is 5.32 Å². The summed E-state index contributed by atoms with van der Waals surface area (Å²) < 4.78 is 0. The van der Waals surface area contributed by atoms with Crippen molar-refractivity contribution >= 4 is 11.9 Å². The number of nitrogens with one attached hydrogen (secondary N) is 1. The van der Waals surface area contributed by atoms with Crippen molar-refractivity contribution in [2.24, 2.45) is 5.92 Å². The van der Waals surface area contributed by atoms with E-state index in [1.165, 1.54) is 25.7 Å². The van der Waals surface area contributed by atoms with Crippen molar-refractivity contribution in [3.05, 3.63) is 0 Å². The smallest absolute Gasteiger partial charge is 0.334 e. The maximum atomic E-state index is 11.3. The largest absolute Gasteiger partial charge is 0.479 e. The monoisotopic (exact) mass is 229 g/mol. The maximum absolute atomic E-state index is 11.3. The highest BCUT2D eigenvalue weighted by atomic mass is 16.4. The van der Waals surface area contributed by atoms with Crippen LogP contribution in [0.3, 0.4) is 0 Å². The number of carboxylic acids is 1. The Labute approximate surface area is 94.8 Å². The molecule has 0 aromatic carbocycles. The van der Waals surface area contributed by atoms with Gasteiger partial charge in [-0.05, 0) is 12.3 Å². The van der Waals surface area contributed by atoms with E-state index in [9.17, 15) is 9.59 Å². The van der Waals surface area contributed by atoms with Gasteiger partial charge in [0.15, 0.2) is 6.10 Å². The van der Waals surface area contributed by atoms with Crippen molar-refractivity contribution in [2.45, 2.75) is 44.6 Å². The first-order valence-electron chi connectivity index (χ1n) is 5.77. The SMILES string of the molecule is O=C(CCC1CCCC1)NCC(O)C(=O)O. The van der Waals surface area contributed by atoms with Gasteiger partial charge in [0, 0.05) is 6.42 Å². The summed E-state index contributed by atoms with van der Waals surface area (Å²) >= 11 is 0. The average molecular weight is 229 g/mol. The Balaban J connectivity index is 2.08. The Hall–Kier alpha value is -1.10. The molecule has 0 heterocycles. The Bertz CT molecular complexity index is 248. The van der Waals surface area contributed by atoms with E-state index in [0.29, 0.717) is 12.3 Å². The van der Waals surface area contributed by atoms with E-state index in [4.69, 9.17) is 10.2 Å². The fourth-order valence-electron chi connectivity index (χ4n) is 2.02. The quantitative estimate of drug-likeness (QED) is 0.619. The molecule has 0 aromatic rings. The fraction of sp³-hybridized carbons (Fsp3) is 0.818. The minimum Gasteiger partial charge on any atom is -0.479 e. The second-order valence-corrected chi connectivity index (χ2v) is 4.35. The molecule has 16 heavy (non-hydrogen) atoms. The molecule has 1 unspecified atom stereocenters. The number of rotatable bonds is 6. The molecule has 1 aliphatic rings. The molecule has 0 bridgehead atoms. The van der Waals surface area contributed by atoms with E-state index in [1.54, 1.807) is 0 Å². The van der Waals surface area contributed by atoms with Gasteiger partial charge in [-0.25, -0.2) is 4.79 Å². The first kappa shape index (κ1) is 13.0. The molecule has 1 aliphatic carbocycles. The van der Waals surface area contributed by atoms with Crippen LogP contribution in [0.2, 0.25) is 0 Å². The molecule has 0 saturated heterocycles. The molecule has 0 radical (unpaired) electrons. The maximum Gasteiger partial charge on any atom is 0.334 e. The number of amides is 1. The zero-order valence-electron chi connectivity index (χ0n) is 9.32. The summed E-state index contributed by atoms with van der Waals surface area (Å²) in [5, 5.41) is 19.8. The summed E-state index contributed by atoms with van der Waals surface area (Å²) in [5.41, 5.74) is 0. The van der Waals surface area contributed by atoms with Crippen molar-refractivity contribution in [1.29, 1.82) is 0 Å². The Morgan fingerprint density at radius 1 is 1.31 bits per heavy atom. The van der Waals surface area contributed by atoms with Crippen LogP contribution in [0.15, 0.2) is 0 Å². The third-order valence-corrected chi connectivity index (χ3v) is 3.03. The van der Waals surface area contributed by atoms with Crippen LogP contribution >= 0.6 is 0 Å². The molecule has 1 amide bonds. The lowest BCUT2D eigenvalue weighted by Gasteiger charge is -2.10. The molecule has 5 heteroatoms. The van der Waals surface area contributed by atoms with Gasteiger partial charge in [-0.2, -0.15) is 0 Å². The third-order valence-electron chi connectivity index (χ3n) is 3.03. The zero-order chi connectivity index (χ0) is 12.0. The molecule has 0 aliphatic heterocycles. The lowest BCUT2D eigenvalue weighted by atomic mass is 10.0. The molecule has 0 spiro atoms. The van der Waals surface area contributed by atoms with Gasteiger partial charge in [-0.15, -0.1) is 0 Å². The van der Waals surface area contributed by atoms with Crippen molar-refractivity contribution in [1.82, 2.24) is 5.32 Å². The minimum absolute atomic E-state index is 0.174. The first-order chi connectivity index (χ1) is 7.59. The second-order valence-electron chi connectivity index (χ2n) is 4.35. The molecule has 92 valence electrons. The number of hydrogen-bond donors (Lipinski definition) is 3. The highest BCUT2D eigenvalue weighted by Gasteiger charge is 2.17. The number of aliphatic carboxylic acids is 1. The van der Waals surface area contributed by atoms with Crippen molar-refractivity contribution in [3.8, 4) is 0 Å². The van der Waals surface area contributed by atoms with Gasteiger partial charge in [-0.3, -0.25) is 4.79 Å². The highest BCUT2D eigenvalue weighted by Crippen LogP contribution is 2.28. The van der Waals surface area contributed by atoms with Crippen LogP contribution in [0.25, 0.3) is 0 Å². The van der Waals surface area contributed by atoms with Crippen LogP contribution in [0.5, 0.6) is 0 Å². The first-order valence-corrected chi connectivity index (χ1v) is 5.77. The lowest BCUT2D eigenvalue weighted by Crippen LogP contribution is -2.36. The van der Waals surface area contributed by atoms with Crippen molar-refractivity contribution in [3.63, 3.8) is 0 Å². The van der Waals surface area contributed by atoms with Gasteiger partial charge in [-0.1, -0.05) is 25.7 Å². The predicted molar refractivity (Wildman–Crippen MR) is 57.8 cm³/mol. The molecule has 3 N–H and O–H groups in total. The van der Waals surface area contributed by atoms with E-state index < -0.39 is 12.1 Å². The topological polar surface area (TPSA) is 86.6 Å². The highest BCUT2D eigenvalue weighted by molar-refractivity contribution is 5.77. The van der Waals surface area contributed by atoms with Crippen LogP contribution < -0.4 is 5.32 Å². The Morgan fingerprint density at radius 3 is 2.50 bits per heavy atom. The van der Waals surface area contributed by atoms with Crippen LogP contribution in [-0.4, -0.2) is 34.7 Å². The van der Waals surface area contributed by atoms with Gasteiger partial charge < -0.3 is 15.5 Å². The summed E-state index contributed by atoms with van der Waals surface area (Å²) in [6.07, 6.45) is 4.70. The van der Waals surface area contributed by atoms with Crippen LogP contribution in [0, 0.1) is 5.92 Å². The van der Waals surface area contributed by atoms with Gasteiger partial charge in [0.05, 0.1) is 6.54 Å². The zero-order valence-corrected chi connectivity index (χ0v) is 9.32. The fourth-order valence-corrected chi connectivity index (χ4v) is 2.02. The molecular weight excluding hydrogens is 210 g/mol. The van der Waals surface area contributed by atoms with Crippen molar-refractivity contribution < 1.29 is 19.8 Å². The summed E-state index contributed by atoms with van der Waals surface area (Å²) in [6, 6.07) is 0. The third kappa shape index (κ3) is 4.61. The van der Waals surface area contributed by atoms with Crippen LogP contribution in [-0.2, 0) is 9.59 Å². The number of carboxylic acid groups (broad SMARTS) is 1. The minimum atomic E-state index is -1.50. The second kappa shape index (κ2) is 6.48. The number of hydrogen-bond acceptors (Lipinski definition) is 3. The average Bonchev–Trinajstić information content (AvgIpc) is 2.75. The van der Waals surface area contributed by atoms with Gasteiger partial charge >= 0.3 is 5.97 Å². The van der Waals surface area contributed by atoms with E-state index in [-0.39, 0.29) is 12.5 Å². The predicted octanol–water partition coefficient (Wildman–Crippen LogP) is 0.518. The van der Waals surface area contributed by atoms with E-state index in [1.807, 2.05) is 0 Å². The molecule has 5 nitrogen and oxygen atoms in total. The summed E-state index contributed by atoms with van der Waals surface area (Å²) in [7, 11) is 0. The molecule has 0 aromatic heterocycles. The Morgan fingerprint density at radius 2 is 1.94 bits per heavy atom. The number of carbonyl (C=O) groups is 2. The Kier molecular flexibility index (Phi) is 5.25. The van der Waals surface area contributed by atoms with Crippen LogP contribution in [0.1, 0.15) is 38.5 Å². The number of aliphatic hydroxyl groups is 1. The summed E-state index contributed by atoms with van der Waals surface area (Å²) in [5.74, 6) is -0.835. The normalized spacial score (nSPS) is 18.3.